The van der Waals surface area contributed by atoms with Crippen LogP contribution in [-0.2, 0) is 6.54 Å². The predicted molar refractivity (Wildman–Crippen MR) is 97.6 cm³/mol. The minimum Gasteiger partial charge on any atom is -0.288 e. The molecule has 0 atom stereocenters. The summed E-state index contributed by atoms with van der Waals surface area (Å²) in [5.74, 6) is -0.228. The zero-order valence-electron chi connectivity index (χ0n) is 13.0. The molecule has 0 aliphatic carbocycles. The Labute approximate surface area is 154 Å². The Hall–Kier alpha value is -2.43. The largest absolute Gasteiger partial charge is 0.288 e. The lowest BCUT2D eigenvalue weighted by Gasteiger charge is -2.22. The van der Waals surface area contributed by atoms with E-state index in [2.05, 4.69) is 4.98 Å². The maximum absolute atomic E-state index is 13.1. The van der Waals surface area contributed by atoms with Gasteiger partial charge < -0.3 is 0 Å². The Morgan fingerprint density at radius 2 is 1.80 bits per heavy atom. The van der Waals surface area contributed by atoms with Gasteiger partial charge >= 0.3 is 0 Å². The molecule has 3 aromatic rings. The van der Waals surface area contributed by atoms with Gasteiger partial charge in [-0.15, -0.1) is 0 Å². The van der Waals surface area contributed by atoms with Crippen molar-refractivity contribution in [3.63, 3.8) is 0 Å². The molecular formula is C19H13Cl2FN2O. The highest BCUT2D eigenvalue weighted by molar-refractivity contribution is 6.35. The lowest BCUT2D eigenvalue weighted by atomic mass is 10.1. The average Bonchev–Trinajstić information content (AvgIpc) is 2.62. The van der Waals surface area contributed by atoms with Crippen LogP contribution in [0.1, 0.15) is 15.9 Å². The molecule has 1 heterocycles. The van der Waals surface area contributed by atoms with Crippen LogP contribution in [-0.4, -0.2) is 10.9 Å². The summed E-state index contributed by atoms with van der Waals surface area (Å²) in [4.78, 5) is 18.7. The van der Waals surface area contributed by atoms with Crippen molar-refractivity contribution < 1.29 is 9.18 Å². The van der Waals surface area contributed by atoms with Gasteiger partial charge in [0.15, 0.2) is 0 Å². The molecule has 2 aromatic carbocycles. The Morgan fingerprint density at radius 3 is 2.44 bits per heavy atom. The summed E-state index contributed by atoms with van der Waals surface area (Å²) in [7, 11) is 0. The third-order valence-electron chi connectivity index (χ3n) is 3.61. The van der Waals surface area contributed by atoms with E-state index in [4.69, 9.17) is 23.2 Å². The molecule has 0 aliphatic heterocycles. The van der Waals surface area contributed by atoms with Crippen molar-refractivity contribution in [3.8, 4) is 0 Å². The molecule has 1 amide bonds. The van der Waals surface area contributed by atoms with Gasteiger partial charge in [0.25, 0.3) is 5.91 Å². The van der Waals surface area contributed by atoms with E-state index in [-0.39, 0.29) is 12.5 Å². The summed E-state index contributed by atoms with van der Waals surface area (Å²) in [6.07, 6.45) is 1.60. The number of benzene rings is 2. The van der Waals surface area contributed by atoms with Crippen LogP contribution < -0.4 is 4.90 Å². The Balaban J connectivity index is 1.98. The molecular weight excluding hydrogens is 362 g/mol. The number of carbonyl (C=O) groups is 1. The number of anilines is 1. The molecule has 0 N–H and O–H groups in total. The molecule has 0 saturated heterocycles. The Morgan fingerprint density at radius 1 is 1.04 bits per heavy atom. The molecule has 6 heteroatoms. The molecule has 0 aliphatic rings. The Kier molecular flexibility index (Phi) is 5.31. The number of hydrogen-bond donors (Lipinski definition) is 0. The zero-order chi connectivity index (χ0) is 17.8. The van der Waals surface area contributed by atoms with E-state index < -0.39 is 5.82 Å². The van der Waals surface area contributed by atoms with Crippen LogP contribution in [0, 0.1) is 5.82 Å². The van der Waals surface area contributed by atoms with Gasteiger partial charge in [0.2, 0.25) is 0 Å². The number of pyridine rings is 1. The van der Waals surface area contributed by atoms with Gasteiger partial charge in [-0.3, -0.25) is 9.69 Å². The number of amides is 1. The summed E-state index contributed by atoms with van der Waals surface area (Å²) in [5, 5.41) is 0.975. The Bertz CT molecular complexity index is 886. The molecule has 0 spiro atoms. The molecule has 126 valence electrons. The van der Waals surface area contributed by atoms with E-state index in [0.29, 0.717) is 21.4 Å². The fraction of sp³-hybridized carbons (Fsp3) is 0.0526. The molecule has 3 rings (SSSR count). The topological polar surface area (TPSA) is 33.2 Å². The lowest BCUT2D eigenvalue weighted by Crippen LogP contribution is -2.31. The number of hydrogen-bond acceptors (Lipinski definition) is 2. The standard InChI is InChI=1S/C19H13Cl2FN2O/c20-15-7-4-14(17(21)11-15)12-24(18-3-1-2-10-23-18)19(25)13-5-8-16(22)9-6-13/h1-11H,12H2. The third-order valence-corrected chi connectivity index (χ3v) is 4.19. The van der Waals surface area contributed by atoms with E-state index in [1.165, 1.54) is 29.2 Å². The number of rotatable bonds is 4. The van der Waals surface area contributed by atoms with Gasteiger partial charge in [0, 0.05) is 21.8 Å². The lowest BCUT2D eigenvalue weighted by molar-refractivity contribution is 0.0984. The van der Waals surface area contributed by atoms with Crippen LogP contribution in [0.15, 0.2) is 66.9 Å². The van der Waals surface area contributed by atoms with E-state index >= 15 is 0 Å². The third kappa shape index (κ3) is 4.16. The van der Waals surface area contributed by atoms with Gasteiger partial charge in [-0.25, -0.2) is 9.37 Å². The van der Waals surface area contributed by atoms with Crippen LogP contribution in [0.5, 0.6) is 0 Å². The van der Waals surface area contributed by atoms with E-state index in [1.54, 1.807) is 42.6 Å². The summed E-state index contributed by atoms with van der Waals surface area (Å²) < 4.78 is 13.1. The number of carbonyl (C=O) groups excluding carboxylic acids is 1. The van der Waals surface area contributed by atoms with Crippen LogP contribution in [0.25, 0.3) is 0 Å². The van der Waals surface area contributed by atoms with Gasteiger partial charge in [0.05, 0.1) is 6.54 Å². The fourth-order valence-corrected chi connectivity index (χ4v) is 2.81. The van der Waals surface area contributed by atoms with Crippen LogP contribution in [0.2, 0.25) is 10.0 Å². The first-order chi connectivity index (χ1) is 12.0. The molecule has 1 aromatic heterocycles. The first-order valence-corrected chi connectivity index (χ1v) is 8.22. The van der Waals surface area contributed by atoms with E-state index in [9.17, 15) is 9.18 Å². The fourth-order valence-electron chi connectivity index (χ4n) is 2.34. The molecule has 0 fully saturated rings. The first kappa shape index (κ1) is 17.4. The molecule has 0 radical (unpaired) electrons. The van der Waals surface area contributed by atoms with Gasteiger partial charge in [-0.05, 0) is 54.1 Å². The molecule has 0 saturated carbocycles. The smallest absolute Gasteiger partial charge is 0.259 e. The summed E-state index contributed by atoms with van der Waals surface area (Å²) in [5.41, 5.74) is 1.09. The van der Waals surface area contributed by atoms with Crippen LogP contribution >= 0.6 is 23.2 Å². The van der Waals surface area contributed by atoms with Crippen molar-refractivity contribution in [2.75, 3.05) is 4.90 Å². The molecule has 0 unspecified atom stereocenters. The number of nitrogens with zero attached hydrogens (tertiary/aromatic N) is 2. The second-order valence-corrected chi connectivity index (χ2v) is 6.17. The van der Waals surface area contributed by atoms with Crippen molar-refractivity contribution in [2.45, 2.75) is 6.54 Å². The summed E-state index contributed by atoms with van der Waals surface area (Å²) in [6, 6.07) is 15.8. The van der Waals surface area contributed by atoms with Crippen molar-refractivity contribution >= 4 is 34.9 Å². The first-order valence-electron chi connectivity index (χ1n) is 7.47. The predicted octanol–water partition coefficient (Wildman–Crippen LogP) is 5.37. The van der Waals surface area contributed by atoms with Gasteiger partial charge in [-0.1, -0.05) is 35.3 Å². The van der Waals surface area contributed by atoms with Gasteiger partial charge in [0.1, 0.15) is 11.6 Å². The number of aromatic nitrogens is 1. The molecule has 3 nitrogen and oxygen atoms in total. The van der Waals surface area contributed by atoms with Crippen LogP contribution in [0.3, 0.4) is 0 Å². The average molecular weight is 375 g/mol. The van der Waals surface area contributed by atoms with E-state index in [1.807, 2.05) is 0 Å². The van der Waals surface area contributed by atoms with Crippen molar-refractivity contribution in [3.05, 3.63) is 93.8 Å². The summed E-state index contributed by atoms with van der Waals surface area (Å²) >= 11 is 12.2. The van der Waals surface area contributed by atoms with Gasteiger partial charge in [-0.2, -0.15) is 0 Å². The van der Waals surface area contributed by atoms with Crippen molar-refractivity contribution in [1.29, 1.82) is 0 Å². The zero-order valence-corrected chi connectivity index (χ0v) is 14.5. The van der Waals surface area contributed by atoms with Crippen LogP contribution in [0.4, 0.5) is 10.2 Å². The molecule has 0 bridgehead atoms. The maximum Gasteiger partial charge on any atom is 0.259 e. The molecule has 25 heavy (non-hydrogen) atoms. The second kappa shape index (κ2) is 7.64. The highest BCUT2D eigenvalue weighted by Crippen LogP contribution is 2.25. The van der Waals surface area contributed by atoms with Crippen molar-refractivity contribution in [1.82, 2.24) is 4.98 Å². The second-order valence-electron chi connectivity index (χ2n) is 5.32. The summed E-state index contributed by atoms with van der Waals surface area (Å²) in [6.45, 7) is 0.212. The SMILES string of the molecule is O=C(c1ccc(F)cc1)N(Cc1ccc(Cl)cc1Cl)c1ccccn1. The van der Waals surface area contributed by atoms with E-state index in [0.717, 1.165) is 5.56 Å². The normalized spacial score (nSPS) is 10.5. The van der Waals surface area contributed by atoms with Crippen molar-refractivity contribution in [2.24, 2.45) is 0 Å². The highest BCUT2D eigenvalue weighted by atomic mass is 35.5. The monoisotopic (exact) mass is 374 g/mol. The minimum atomic E-state index is -0.401. The highest BCUT2D eigenvalue weighted by Gasteiger charge is 2.20. The maximum atomic E-state index is 13.1. The quantitative estimate of drug-likeness (QED) is 0.614. The number of halogens is 3. The minimum absolute atomic E-state index is 0.212.